The van der Waals surface area contributed by atoms with Gasteiger partial charge in [-0.3, -0.25) is 9.59 Å². The van der Waals surface area contributed by atoms with Gasteiger partial charge in [-0.25, -0.2) is 0 Å². The van der Waals surface area contributed by atoms with Crippen molar-refractivity contribution >= 4 is 11.9 Å². The Morgan fingerprint density at radius 1 is 0.724 bits per heavy atom. The molecule has 0 spiro atoms. The van der Waals surface area contributed by atoms with Gasteiger partial charge in [0.1, 0.15) is 0 Å². The van der Waals surface area contributed by atoms with Crippen LogP contribution in [0.2, 0.25) is 0 Å². The largest absolute Gasteiger partial charge is 0.466 e. The van der Waals surface area contributed by atoms with Crippen LogP contribution >= 0.6 is 0 Å². The quantitative estimate of drug-likeness (QED) is 0.0348. The molecular formula is C51H91NO6. The van der Waals surface area contributed by atoms with Crippen LogP contribution in [0.25, 0.3) is 0 Å². The van der Waals surface area contributed by atoms with Crippen molar-refractivity contribution in [2.24, 2.45) is 11.8 Å². The van der Waals surface area contributed by atoms with E-state index in [1.807, 2.05) is 6.08 Å². The first-order chi connectivity index (χ1) is 28.1. The van der Waals surface area contributed by atoms with Gasteiger partial charge in [0.05, 0.1) is 25.9 Å². The van der Waals surface area contributed by atoms with Crippen molar-refractivity contribution in [3.8, 4) is 0 Å². The summed E-state index contributed by atoms with van der Waals surface area (Å²) in [5.74, 6) is 0.459. The summed E-state index contributed by atoms with van der Waals surface area (Å²) in [6.45, 7) is 17.5. The minimum atomic E-state index is -0.430. The molecule has 0 amide bonds. The molecule has 1 aliphatic heterocycles. The molecule has 0 aromatic rings. The highest BCUT2D eigenvalue weighted by molar-refractivity contribution is 5.69. The minimum absolute atomic E-state index is 0.0238. The smallest absolute Gasteiger partial charge is 0.305 e. The number of hydrogen-bond acceptors (Lipinski definition) is 7. The third-order valence-electron chi connectivity index (χ3n) is 12.1. The third-order valence-corrected chi connectivity index (χ3v) is 12.1. The van der Waals surface area contributed by atoms with Crippen molar-refractivity contribution in [1.82, 2.24) is 4.90 Å². The zero-order valence-corrected chi connectivity index (χ0v) is 38.8. The minimum Gasteiger partial charge on any atom is -0.466 e. The van der Waals surface area contributed by atoms with Crippen molar-refractivity contribution in [1.29, 1.82) is 0 Å². The van der Waals surface area contributed by atoms with Crippen LogP contribution in [0.15, 0.2) is 29.8 Å². The van der Waals surface area contributed by atoms with Crippen LogP contribution in [0.3, 0.4) is 0 Å². The first kappa shape index (κ1) is 53.9. The van der Waals surface area contributed by atoms with Crippen LogP contribution in [0.4, 0.5) is 0 Å². The molecule has 4 atom stereocenters. The predicted octanol–water partition coefficient (Wildman–Crippen LogP) is 13.8. The van der Waals surface area contributed by atoms with Gasteiger partial charge < -0.3 is 23.8 Å². The summed E-state index contributed by atoms with van der Waals surface area (Å²) in [6, 6.07) is 0.531. The van der Waals surface area contributed by atoms with Crippen molar-refractivity contribution in [2.45, 2.75) is 239 Å². The highest BCUT2D eigenvalue weighted by Crippen LogP contribution is 2.36. The molecule has 4 unspecified atom stereocenters. The average Bonchev–Trinajstić information content (AvgIpc) is 3.61. The highest BCUT2D eigenvalue weighted by Gasteiger charge is 2.40. The molecule has 0 saturated carbocycles. The Labute approximate surface area is 358 Å². The maximum atomic E-state index is 12.3. The predicted molar refractivity (Wildman–Crippen MR) is 242 cm³/mol. The number of ether oxygens (including phenoxy) is 4. The van der Waals surface area contributed by atoms with E-state index in [1.54, 1.807) is 0 Å². The van der Waals surface area contributed by atoms with E-state index in [-0.39, 0.29) is 18.0 Å². The zero-order valence-electron chi connectivity index (χ0n) is 38.8. The molecule has 1 aliphatic rings. The van der Waals surface area contributed by atoms with Gasteiger partial charge in [0.15, 0.2) is 5.79 Å². The fourth-order valence-corrected chi connectivity index (χ4v) is 7.75. The second kappa shape index (κ2) is 36.7. The standard InChI is InChI=1S/C51H91NO6/c1-8-11-24-31-46(6)37-42-55-49(53)34-27-20-16-14-18-22-29-39-51(57-44-48(58-51)36-41-52(7)45(4)5)40-30-23-19-15-17-21-28-35-50(54)56-43-38-47(32-25-12-9-2)33-26-13-10-3/h32,45-48H,2,8,10-11,13-24,26-31,33-44H2,1,3-7H3. The molecule has 0 aliphatic carbocycles. The van der Waals surface area contributed by atoms with E-state index in [4.69, 9.17) is 18.9 Å². The molecule has 0 N–H and O–H groups in total. The second-order valence-electron chi connectivity index (χ2n) is 17.8. The van der Waals surface area contributed by atoms with E-state index < -0.39 is 5.79 Å². The fourth-order valence-electron chi connectivity index (χ4n) is 7.75. The van der Waals surface area contributed by atoms with Gasteiger partial charge in [-0.15, -0.1) is 0 Å². The number of unbranched alkanes of at least 4 members (excludes halogenated alkanes) is 16. The molecule has 1 saturated heterocycles. The van der Waals surface area contributed by atoms with Gasteiger partial charge >= 0.3 is 11.9 Å². The second-order valence-corrected chi connectivity index (χ2v) is 17.8. The van der Waals surface area contributed by atoms with Crippen LogP contribution in [0.1, 0.15) is 221 Å². The van der Waals surface area contributed by atoms with E-state index in [2.05, 4.69) is 70.3 Å². The van der Waals surface area contributed by atoms with Gasteiger partial charge in [0, 0.05) is 38.3 Å². The summed E-state index contributed by atoms with van der Waals surface area (Å²) in [7, 11) is 2.19. The summed E-state index contributed by atoms with van der Waals surface area (Å²) in [6.07, 6.45) is 33.6. The lowest BCUT2D eigenvalue weighted by molar-refractivity contribution is -0.180. The molecule has 7 nitrogen and oxygen atoms in total. The van der Waals surface area contributed by atoms with E-state index >= 15 is 0 Å². The zero-order chi connectivity index (χ0) is 42.5. The van der Waals surface area contributed by atoms with Crippen LogP contribution in [0.5, 0.6) is 0 Å². The normalized spacial score (nSPS) is 17.5. The molecule has 1 heterocycles. The van der Waals surface area contributed by atoms with Crippen LogP contribution < -0.4 is 0 Å². The van der Waals surface area contributed by atoms with E-state index in [0.29, 0.717) is 50.5 Å². The molecule has 7 heteroatoms. The first-order valence-electron chi connectivity index (χ1n) is 24.3. The topological polar surface area (TPSA) is 74.3 Å². The van der Waals surface area contributed by atoms with Crippen molar-refractivity contribution in [2.75, 3.05) is 33.4 Å². The number of nitrogens with zero attached hydrogens (tertiary/aromatic N) is 1. The lowest BCUT2D eigenvalue weighted by atomic mass is 9.98. The fraction of sp³-hybridized carbons (Fsp3) is 0.863. The van der Waals surface area contributed by atoms with E-state index in [1.165, 1.54) is 89.9 Å². The molecule has 336 valence electrons. The maximum Gasteiger partial charge on any atom is 0.305 e. The van der Waals surface area contributed by atoms with Crippen molar-refractivity contribution in [3.05, 3.63) is 29.8 Å². The Bertz CT molecular complexity index is 1140. The molecular weight excluding hydrogens is 723 g/mol. The Morgan fingerprint density at radius 3 is 1.78 bits per heavy atom. The Kier molecular flexibility index (Phi) is 34.1. The molecule has 58 heavy (non-hydrogen) atoms. The summed E-state index contributed by atoms with van der Waals surface area (Å²) in [5, 5.41) is 0. The summed E-state index contributed by atoms with van der Waals surface area (Å²) >= 11 is 0. The lowest BCUT2D eigenvalue weighted by Crippen LogP contribution is -2.33. The summed E-state index contributed by atoms with van der Waals surface area (Å²) < 4.78 is 24.3. The molecule has 0 radical (unpaired) electrons. The molecule has 0 aromatic heterocycles. The van der Waals surface area contributed by atoms with Crippen molar-refractivity contribution < 1.29 is 28.5 Å². The third kappa shape index (κ3) is 30.0. The average molecular weight is 814 g/mol. The van der Waals surface area contributed by atoms with Gasteiger partial charge in [-0.05, 0) is 102 Å². The van der Waals surface area contributed by atoms with Crippen LogP contribution in [-0.2, 0) is 28.5 Å². The first-order valence-corrected chi connectivity index (χ1v) is 24.3. The number of carbonyl (C=O) groups excluding carboxylic acids is 2. The van der Waals surface area contributed by atoms with Crippen LogP contribution in [0, 0.1) is 11.8 Å². The van der Waals surface area contributed by atoms with Crippen molar-refractivity contribution in [3.63, 3.8) is 0 Å². The Balaban J connectivity index is 2.28. The van der Waals surface area contributed by atoms with Gasteiger partial charge in [-0.1, -0.05) is 141 Å². The number of rotatable bonds is 39. The molecule has 0 aromatic carbocycles. The lowest BCUT2D eigenvalue weighted by Gasteiger charge is -2.29. The van der Waals surface area contributed by atoms with Crippen LogP contribution in [-0.4, -0.2) is 68.2 Å². The number of esters is 2. The summed E-state index contributed by atoms with van der Waals surface area (Å²) in [4.78, 5) is 26.9. The number of hydrogen-bond donors (Lipinski definition) is 0. The summed E-state index contributed by atoms with van der Waals surface area (Å²) in [5.41, 5.74) is 8.41. The number of carbonyl (C=O) groups is 2. The highest BCUT2D eigenvalue weighted by atomic mass is 16.7. The SMILES string of the molecule is C=C=C=C=CC(CCCCC)CCOC(=O)CCCCCCCCCC1(CCCCCCCCCC(=O)OCCC(C)CCCCC)OCC(CCN(C)C(C)C)O1. The van der Waals surface area contributed by atoms with E-state index in [0.717, 1.165) is 90.0 Å². The monoisotopic (exact) mass is 814 g/mol. The number of allylic oxidation sites excluding steroid dienone is 1. The molecule has 1 rings (SSSR count). The van der Waals surface area contributed by atoms with Gasteiger partial charge in [0.2, 0.25) is 0 Å². The molecule has 0 bridgehead atoms. The van der Waals surface area contributed by atoms with Gasteiger partial charge in [0.25, 0.3) is 0 Å². The maximum absolute atomic E-state index is 12.3. The van der Waals surface area contributed by atoms with E-state index in [9.17, 15) is 9.59 Å². The van der Waals surface area contributed by atoms with Gasteiger partial charge in [-0.2, -0.15) is 0 Å². The Hall–Kier alpha value is -2.10. The Morgan fingerprint density at radius 2 is 1.24 bits per heavy atom. The molecule has 1 fully saturated rings.